The molecule has 0 N–H and O–H groups in total. The van der Waals surface area contributed by atoms with Gasteiger partial charge in [0, 0.05) is 49.9 Å². The molecule has 0 spiro atoms. The number of rotatable bonds is 3. The van der Waals surface area contributed by atoms with Gasteiger partial charge in [0.15, 0.2) is 0 Å². The zero-order chi connectivity index (χ0) is 19.3. The molecule has 140 valence electrons. The Hall–Kier alpha value is -3.41. The number of likely N-dealkylation sites (N-methyl/N-ethyl adjacent to an activating group) is 1. The van der Waals surface area contributed by atoms with E-state index in [1.807, 2.05) is 65.3 Å². The van der Waals surface area contributed by atoms with Crippen molar-refractivity contribution in [3.63, 3.8) is 0 Å². The highest BCUT2D eigenvalue weighted by Crippen LogP contribution is 2.28. The Balaban J connectivity index is 1.39. The van der Waals surface area contributed by atoms with E-state index in [2.05, 4.69) is 4.98 Å². The summed E-state index contributed by atoms with van der Waals surface area (Å²) in [6.07, 6.45) is 11.2. The number of pyridine rings is 1. The molecule has 0 saturated carbocycles. The summed E-state index contributed by atoms with van der Waals surface area (Å²) in [5.41, 5.74) is 3.86. The van der Waals surface area contributed by atoms with Gasteiger partial charge in [0.1, 0.15) is 11.5 Å². The van der Waals surface area contributed by atoms with Crippen LogP contribution in [0.2, 0.25) is 0 Å². The van der Waals surface area contributed by atoms with Crippen LogP contribution in [0.15, 0.2) is 72.8 Å². The maximum Gasteiger partial charge on any atom is 0.252 e. The van der Waals surface area contributed by atoms with Crippen LogP contribution < -0.4 is 0 Å². The van der Waals surface area contributed by atoms with Crippen LogP contribution in [0.25, 0.3) is 16.8 Å². The number of carbonyl (C=O) groups is 1. The first kappa shape index (κ1) is 16.7. The average Bonchev–Trinajstić information content (AvgIpc) is 3.29. The molecular formula is C22H19FN4O. The van der Waals surface area contributed by atoms with E-state index >= 15 is 0 Å². The molecule has 1 fully saturated rings. The number of halogens is 1. The van der Waals surface area contributed by atoms with E-state index in [0.29, 0.717) is 12.1 Å². The highest BCUT2D eigenvalue weighted by Gasteiger charge is 2.37. The van der Waals surface area contributed by atoms with Crippen molar-refractivity contribution in [2.75, 3.05) is 13.6 Å². The Labute approximate surface area is 162 Å². The van der Waals surface area contributed by atoms with Gasteiger partial charge in [0.2, 0.25) is 0 Å². The van der Waals surface area contributed by atoms with Crippen LogP contribution >= 0.6 is 0 Å². The van der Waals surface area contributed by atoms with Gasteiger partial charge in [0.25, 0.3) is 5.91 Å². The first-order chi connectivity index (χ1) is 13.6. The molecule has 1 atom stereocenters. The highest BCUT2D eigenvalue weighted by atomic mass is 19.1. The lowest BCUT2D eigenvalue weighted by atomic mass is 10.0. The summed E-state index contributed by atoms with van der Waals surface area (Å²) in [6.45, 7) is 0.844. The number of likely N-dealkylation sites (tertiary alicyclic amines) is 1. The number of amides is 1. The van der Waals surface area contributed by atoms with Crippen LogP contribution in [-0.2, 0) is 11.3 Å². The molecule has 1 saturated heterocycles. The second kappa shape index (κ2) is 6.34. The fourth-order valence-corrected chi connectivity index (χ4v) is 3.92. The predicted molar refractivity (Wildman–Crippen MR) is 105 cm³/mol. The molecule has 0 radical (unpaired) electrons. The Bertz CT molecular complexity index is 1150. The van der Waals surface area contributed by atoms with Crippen molar-refractivity contribution < 1.29 is 9.18 Å². The molecule has 28 heavy (non-hydrogen) atoms. The fourth-order valence-electron chi connectivity index (χ4n) is 3.92. The lowest BCUT2D eigenvalue weighted by Gasteiger charge is -2.25. The molecular weight excluding hydrogens is 355 g/mol. The van der Waals surface area contributed by atoms with Crippen molar-refractivity contribution in [2.45, 2.75) is 12.6 Å². The quantitative estimate of drug-likeness (QED) is 0.707. The standard InChI is InChI=1S/C22H19FN4O/c1-25-9-2-3-18-20(25)14-27(22(18)28)13-17-5-4-15(11-19(17)23)16-6-7-21-24-8-10-26(21)12-16/h2-12,20H,13-14H2,1H3. The zero-order valence-electron chi connectivity index (χ0n) is 15.4. The summed E-state index contributed by atoms with van der Waals surface area (Å²) in [7, 11) is 1.96. The number of allylic oxidation sites excluding steroid dienone is 2. The van der Waals surface area contributed by atoms with Crippen molar-refractivity contribution in [3.8, 4) is 11.1 Å². The second-order valence-electron chi connectivity index (χ2n) is 7.25. The van der Waals surface area contributed by atoms with E-state index in [4.69, 9.17) is 0 Å². The normalized spacial score (nSPS) is 18.7. The van der Waals surface area contributed by atoms with Crippen LogP contribution in [-0.4, -0.2) is 44.7 Å². The van der Waals surface area contributed by atoms with Gasteiger partial charge in [-0.15, -0.1) is 0 Å². The van der Waals surface area contributed by atoms with Gasteiger partial charge >= 0.3 is 0 Å². The number of benzene rings is 1. The Morgan fingerprint density at radius 2 is 2.07 bits per heavy atom. The maximum absolute atomic E-state index is 14.8. The van der Waals surface area contributed by atoms with Crippen LogP contribution in [0.4, 0.5) is 4.39 Å². The minimum absolute atomic E-state index is 0.0183. The van der Waals surface area contributed by atoms with Crippen molar-refractivity contribution >= 4 is 11.6 Å². The van der Waals surface area contributed by atoms with Crippen molar-refractivity contribution in [2.24, 2.45) is 0 Å². The van der Waals surface area contributed by atoms with Gasteiger partial charge < -0.3 is 14.2 Å². The third kappa shape index (κ3) is 2.69. The molecule has 4 heterocycles. The number of hydrogen-bond acceptors (Lipinski definition) is 3. The Morgan fingerprint density at radius 1 is 1.21 bits per heavy atom. The SMILES string of the molecule is CN1C=CC=C2C(=O)N(Cc3ccc(-c4ccc5nccn5c4)cc3F)CC21. The van der Waals surface area contributed by atoms with E-state index in [0.717, 1.165) is 22.3 Å². The highest BCUT2D eigenvalue weighted by molar-refractivity contribution is 5.97. The predicted octanol–water partition coefficient (Wildman–Crippen LogP) is 3.24. The molecule has 1 unspecified atom stereocenters. The molecule has 6 heteroatoms. The molecule has 1 aromatic carbocycles. The van der Waals surface area contributed by atoms with Gasteiger partial charge in [-0.1, -0.05) is 12.1 Å². The van der Waals surface area contributed by atoms with E-state index < -0.39 is 0 Å². The van der Waals surface area contributed by atoms with E-state index in [9.17, 15) is 9.18 Å². The molecule has 3 aromatic rings. The smallest absolute Gasteiger partial charge is 0.252 e. The maximum atomic E-state index is 14.8. The van der Waals surface area contributed by atoms with Gasteiger partial charge in [0.05, 0.1) is 6.04 Å². The summed E-state index contributed by atoms with van der Waals surface area (Å²) in [5.74, 6) is -0.318. The topological polar surface area (TPSA) is 40.9 Å². The summed E-state index contributed by atoms with van der Waals surface area (Å²) in [5, 5.41) is 0. The number of aromatic nitrogens is 2. The first-order valence-corrected chi connectivity index (χ1v) is 9.21. The fraction of sp³-hybridized carbons (Fsp3) is 0.182. The minimum atomic E-state index is -0.300. The molecule has 1 amide bonds. The summed E-state index contributed by atoms with van der Waals surface area (Å²) < 4.78 is 16.7. The Morgan fingerprint density at radius 3 is 2.89 bits per heavy atom. The molecule has 2 aromatic heterocycles. The molecule has 0 bridgehead atoms. The minimum Gasteiger partial charge on any atom is -0.371 e. The van der Waals surface area contributed by atoms with Gasteiger partial charge in [-0.3, -0.25) is 4.79 Å². The summed E-state index contributed by atoms with van der Waals surface area (Å²) in [4.78, 5) is 20.6. The average molecular weight is 374 g/mol. The van der Waals surface area contributed by atoms with Crippen LogP contribution in [0.5, 0.6) is 0 Å². The first-order valence-electron chi connectivity index (χ1n) is 9.21. The lowest BCUT2D eigenvalue weighted by Crippen LogP contribution is -2.32. The molecule has 2 aliphatic heterocycles. The molecule has 2 aliphatic rings. The second-order valence-corrected chi connectivity index (χ2v) is 7.25. The van der Waals surface area contributed by atoms with Crippen LogP contribution in [0.3, 0.4) is 0 Å². The lowest BCUT2D eigenvalue weighted by molar-refractivity contribution is -0.125. The third-order valence-corrected chi connectivity index (χ3v) is 5.51. The summed E-state index contributed by atoms with van der Waals surface area (Å²) in [6, 6.07) is 9.09. The molecule has 5 rings (SSSR count). The van der Waals surface area contributed by atoms with Gasteiger partial charge in [-0.2, -0.15) is 0 Å². The number of fused-ring (bicyclic) bond motifs is 2. The molecule has 5 nitrogen and oxygen atoms in total. The number of nitrogens with zero attached hydrogens (tertiary/aromatic N) is 4. The van der Waals surface area contributed by atoms with Crippen molar-refractivity contribution in [1.29, 1.82) is 0 Å². The van der Waals surface area contributed by atoms with Gasteiger partial charge in [-0.25, -0.2) is 9.37 Å². The largest absolute Gasteiger partial charge is 0.371 e. The van der Waals surface area contributed by atoms with Crippen molar-refractivity contribution in [3.05, 3.63) is 84.2 Å². The third-order valence-electron chi connectivity index (χ3n) is 5.51. The zero-order valence-corrected chi connectivity index (χ0v) is 15.4. The van der Waals surface area contributed by atoms with Crippen LogP contribution in [0.1, 0.15) is 5.56 Å². The van der Waals surface area contributed by atoms with E-state index in [1.54, 1.807) is 17.2 Å². The van der Waals surface area contributed by atoms with Crippen molar-refractivity contribution in [1.82, 2.24) is 19.2 Å². The number of hydrogen-bond donors (Lipinski definition) is 0. The van der Waals surface area contributed by atoms with Gasteiger partial charge in [-0.05, 0) is 47.7 Å². The number of carbonyl (C=O) groups excluding carboxylic acids is 1. The van der Waals surface area contributed by atoms with E-state index in [-0.39, 0.29) is 24.3 Å². The van der Waals surface area contributed by atoms with Crippen LogP contribution in [0, 0.1) is 5.82 Å². The van der Waals surface area contributed by atoms with E-state index in [1.165, 1.54) is 6.07 Å². The number of imidazole rings is 1. The monoisotopic (exact) mass is 374 g/mol. The Kier molecular flexibility index (Phi) is 3.79. The molecule has 0 aliphatic carbocycles. The summed E-state index contributed by atoms with van der Waals surface area (Å²) >= 11 is 0.